The summed E-state index contributed by atoms with van der Waals surface area (Å²) in [6.45, 7) is 5.04. The molecule has 31 heavy (non-hydrogen) atoms. The highest BCUT2D eigenvalue weighted by molar-refractivity contribution is 7.92. The van der Waals surface area contributed by atoms with E-state index >= 15 is 0 Å². The third kappa shape index (κ3) is 6.70. The summed E-state index contributed by atoms with van der Waals surface area (Å²) in [5.41, 5.74) is 2.94. The maximum atomic E-state index is 13.3. The van der Waals surface area contributed by atoms with Gasteiger partial charge in [-0.25, -0.2) is 8.42 Å². The molecule has 2 aromatic carbocycles. The summed E-state index contributed by atoms with van der Waals surface area (Å²) in [5, 5.41) is 3.09. The normalized spacial score (nSPS) is 12.2. The van der Waals surface area contributed by atoms with Crippen molar-refractivity contribution in [3.05, 3.63) is 64.2 Å². The lowest BCUT2D eigenvalue weighted by atomic mass is 10.1. The maximum absolute atomic E-state index is 13.3. The van der Waals surface area contributed by atoms with Gasteiger partial charge in [0.1, 0.15) is 12.6 Å². The molecule has 0 aromatic heterocycles. The van der Waals surface area contributed by atoms with Crippen LogP contribution in [0.25, 0.3) is 0 Å². The minimum atomic E-state index is -3.74. The van der Waals surface area contributed by atoms with Crippen molar-refractivity contribution in [3.63, 3.8) is 0 Å². The van der Waals surface area contributed by atoms with Gasteiger partial charge >= 0.3 is 0 Å². The second-order valence-electron chi connectivity index (χ2n) is 7.55. The summed E-state index contributed by atoms with van der Waals surface area (Å²) in [4.78, 5) is 26.9. The van der Waals surface area contributed by atoms with Crippen LogP contribution in [0.2, 0.25) is 5.02 Å². The van der Waals surface area contributed by atoms with Gasteiger partial charge in [0.2, 0.25) is 21.8 Å². The van der Waals surface area contributed by atoms with E-state index in [9.17, 15) is 18.0 Å². The van der Waals surface area contributed by atoms with Crippen LogP contribution >= 0.6 is 11.6 Å². The molecule has 0 saturated heterocycles. The standard InChI is InChI=1S/C22H28ClN3O4S/c1-15-10-16(2)12-20(11-15)26(31(5,29)30)14-21(27)25(17(3)22(28)24-4)13-18-6-8-19(23)9-7-18/h6-12,17H,13-14H2,1-5H3,(H,24,28)/t17-/m0/s1. The van der Waals surface area contributed by atoms with E-state index in [0.717, 1.165) is 27.3 Å². The smallest absolute Gasteiger partial charge is 0.244 e. The topological polar surface area (TPSA) is 86.8 Å². The van der Waals surface area contributed by atoms with Crippen LogP contribution in [0.4, 0.5) is 5.69 Å². The molecule has 0 aliphatic rings. The molecule has 2 amide bonds. The molecular weight excluding hydrogens is 438 g/mol. The summed E-state index contributed by atoms with van der Waals surface area (Å²) < 4.78 is 26.1. The van der Waals surface area contributed by atoms with Crippen LogP contribution in [0, 0.1) is 13.8 Å². The fraction of sp³-hybridized carbons (Fsp3) is 0.364. The van der Waals surface area contributed by atoms with Gasteiger partial charge in [-0.15, -0.1) is 0 Å². The van der Waals surface area contributed by atoms with Crippen molar-refractivity contribution < 1.29 is 18.0 Å². The van der Waals surface area contributed by atoms with E-state index in [1.807, 2.05) is 19.9 Å². The van der Waals surface area contributed by atoms with E-state index in [1.54, 1.807) is 43.3 Å². The predicted octanol–water partition coefficient (Wildman–Crippen LogP) is 2.89. The largest absolute Gasteiger partial charge is 0.357 e. The Bertz CT molecular complexity index is 1030. The Kier molecular flexibility index (Phi) is 8.08. The van der Waals surface area contributed by atoms with Crippen LogP contribution in [-0.4, -0.2) is 51.0 Å². The average Bonchev–Trinajstić information content (AvgIpc) is 2.68. The minimum Gasteiger partial charge on any atom is -0.357 e. The molecule has 2 rings (SSSR count). The zero-order valence-corrected chi connectivity index (χ0v) is 19.9. The first-order valence-electron chi connectivity index (χ1n) is 9.74. The Morgan fingerprint density at radius 3 is 2.10 bits per heavy atom. The molecule has 0 spiro atoms. The number of halogens is 1. The SMILES string of the molecule is CNC(=O)[C@H](C)N(Cc1ccc(Cl)cc1)C(=O)CN(c1cc(C)cc(C)c1)S(C)(=O)=O. The number of benzene rings is 2. The second kappa shape index (κ2) is 10.2. The van der Waals surface area contributed by atoms with Crippen molar-refractivity contribution >= 4 is 39.1 Å². The van der Waals surface area contributed by atoms with Gasteiger partial charge in [0.25, 0.3) is 0 Å². The van der Waals surface area contributed by atoms with E-state index in [4.69, 9.17) is 11.6 Å². The molecule has 0 aliphatic heterocycles. The average molecular weight is 466 g/mol. The number of nitrogens with zero attached hydrogens (tertiary/aromatic N) is 2. The summed E-state index contributed by atoms with van der Waals surface area (Å²) >= 11 is 5.94. The van der Waals surface area contributed by atoms with Crippen molar-refractivity contribution in [2.45, 2.75) is 33.4 Å². The van der Waals surface area contributed by atoms with Gasteiger partial charge in [-0.05, 0) is 61.7 Å². The van der Waals surface area contributed by atoms with Crippen LogP contribution in [0.15, 0.2) is 42.5 Å². The summed E-state index contributed by atoms with van der Waals surface area (Å²) in [7, 11) is -2.25. The fourth-order valence-electron chi connectivity index (χ4n) is 3.29. The van der Waals surface area contributed by atoms with Crippen LogP contribution in [0.5, 0.6) is 0 Å². The number of aryl methyl sites for hydroxylation is 2. The molecule has 0 saturated carbocycles. The molecular formula is C22H28ClN3O4S. The highest BCUT2D eigenvalue weighted by Gasteiger charge is 2.29. The quantitative estimate of drug-likeness (QED) is 0.649. The zero-order chi connectivity index (χ0) is 23.3. The van der Waals surface area contributed by atoms with Crippen molar-refractivity contribution in [2.24, 2.45) is 0 Å². The maximum Gasteiger partial charge on any atom is 0.244 e. The van der Waals surface area contributed by atoms with E-state index < -0.39 is 28.5 Å². The van der Waals surface area contributed by atoms with E-state index in [2.05, 4.69) is 5.32 Å². The number of hydrogen-bond acceptors (Lipinski definition) is 4. The molecule has 7 nitrogen and oxygen atoms in total. The number of carbonyl (C=O) groups is 2. The van der Waals surface area contributed by atoms with Gasteiger partial charge in [0.05, 0.1) is 11.9 Å². The first kappa shape index (κ1) is 24.7. The number of rotatable bonds is 8. The molecule has 0 bridgehead atoms. The summed E-state index contributed by atoms with van der Waals surface area (Å²) in [6, 6.07) is 11.5. The van der Waals surface area contributed by atoms with Crippen LogP contribution < -0.4 is 9.62 Å². The van der Waals surface area contributed by atoms with Crippen LogP contribution in [0.1, 0.15) is 23.6 Å². The van der Waals surface area contributed by atoms with Gasteiger partial charge in [-0.2, -0.15) is 0 Å². The molecule has 0 radical (unpaired) electrons. The Hall–Kier alpha value is -2.58. The zero-order valence-electron chi connectivity index (χ0n) is 18.3. The number of likely N-dealkylation sites (N-methyl/N-ethyl adjacent to an activating group) is 1. The third-order valence-corrected chi connectivity index (χ3v) is 6.25. The van der Waals surface area contributed by atoms with Crippen LogP contribution in [-0.2, 0) is 26.2 Å². The first-order chi connectivity index (χ1) is 14.4. The van der Waals surface area contributed by atoms with Gasteiger partial charge < -0.3 is 10.2 Å². The highest BCUT2D eigenvalue weighted by Crippen LogP contribution is 2.22. The van der Waals surface area contributed by atoms with E-state index in [0.29, 0.717) is 10.7 Å². The van der Waals surface area contributed by atoms with Gasteiger partial charge in [-0.3, -0.25) is 13.9 Å². The van der Waals surface area contributed by atoms with Crippen molar-refractivity contribution in [1.29, 1.82) is 0 Å². The van der Waals surface area contributed by atoms with Crippen molar-refractivity contribution in [1.82, 2.24) is 10.2 Å². The Morgan fingerprint density at radius 2 is 1.61 bits per heavy atom. The Balaban J connectivity index is 2.40. The number of anilines is 1. The van der Waals surface area contributed by atoms with Crippen LogP contribution in [0.3, 0.4) is 0 Å². The lowest BCUT2D eigenvalue weighted by molar-refractivity contribution is -0.139. The predicted molar refractivity (Wildman–Crippen MR) is 124 cm³/mol. The Morgan fingerprint density at radius 1 is 1.06 bits per heavy atom. The summed E-state index contributed by atoms with van der Waals surface area (Å²) in [5.74, 6) is -0.838. The van der Waals surface area contributed by atoms with Gasteiger partial charge in [0, 0.05) is 18.6 Å². The molecule has 0 unspecified atom stereocenters. The molecule has 0 aliphatic carbocycles. The molecule has 1 atom stereocenters. The van der Waals surface area contributed by atoms with E-state index in [-0.39, 0.29) is 12.5 Å². The minimum absolute atomic E-state index is 0.134. The monoisotopic (exact) mass is 465 g/mol. The summed E-state index contributed by atoms with van der Waals surface area (Å²) in [6.07, 6.45) is 1.06. The molecule has 168 valence electrons. The second-order valence-corrected chi connectivity index (χ2v) is 9.90. The van der Waals surface area contributed by atoms with Crippen molar-refractivity contribution in [2.75, 3.05) is 24.2 Å². The highest BCUT2D eigenvalue weighted by atomic mass is 35.5. The number of carbonyl (C=O) groups excluding carboxylic acids is 2. The van der Waals surface area contributed by atoms with Gasteiger partial charge in [0.15, 0.2) is 0 Å². The Labute approximate surface area is 189 Å². The molecule has 0 fully saturated rings. The lowest BCUT2D eigenvalue weighted by Crippen LogP contribution is -2.50. The van der Waals surface area contributed by atoms with E-state index in [1.165, 1.54) is 11.9 Å². The third-order valence-electron chi connectivity index (χ3n) is 4.85. The first-order valence-corrected chi connectivity index (χ1v) is 12.0. The molecule has 0 heterocycles. The number of nitrogens with one attached hydrogen (secondary N) is 1. The van der Waals surface area contributed by atoms with Crippen molar-refractivity contribution in [3.8, 4) is 0 Å². The fourth-order valence-corrected chi connectivity index (χ4v) is 4.25. The number of hydrogen-bond donors (Lipinski definition) is 1. The molecule has 9 heteroatoms. The molecule has 2 aromatic rings. The number of sulfonamides is 1. The lowest BCUT2D eigenvalue weighted by Gasteiger charge is -2.31. The number of amides is 2. The van der Waals surface area contributed by atoms with Gasteiger partial charge in [-0.1, -0.05) is 29.8 Å². The molecule has 1 N–H and O–H groups in total.